The maximum absolute atomic E-state index is 12.5. The van der Waals surface area contributed by atoms with Crippen LogP contribution in [-0.2, 0) is 19.1 Å². The number of rotatable bonds is 34. The molecule has 0 radical (unpaired) electrons. The molecule has 348 valence electrons. The van der Waals surface area contributed by atoms with E-state index in [1.807, 2.05) is 0 Å². The van der Waals surface area contributed by atoms with Crippen LogP contribution in [0.15, 0.2) is 48.5 Å². The van der Waals surface area contributed by atoms with Crippen molar-refractivity contribution >= 4 is 23.9 Å². The first-order valence-corrected chi connectivity index (χ1v) is 25.1. The fourth-order valence-corrected chi connectivity index (χ4v) is 9.72. The lowest BCUT2D eigenvalue weighted by Gasteiger charge is -2.44. The molecule has 0 N–H and O–H groups in total. The molecule has 1 aliphatic rings. The molecule has 1 fully saturated rings. The second-order valence-corrected chi connectivity index (χ2v) is 18.2. The van der Waals surface area contributed by atoms with Gasteiger partial charge in [-0.1, -0.05) is 155 Å². The molecule has 3 rings (SSSR count). The first kappa shape index (κ1) is 52.7. The van der Waals surface area contributed by atoms with Crippen molar-refractivity contribution in [3.63, 3.8) is 0 Å². The van der Waals surface area contributed by atoms with Crippen LogP contribution in [0.5, 0.6) is 11.5 Å². The lowest BCUT2D eigenvalue weighted by atomic mass is 9.61. The number of esters is 4. The van der Waals surface area contributed by atoms with Gasteiger partial charge in [0.05, 0.1) is 24.3 Å². The number of carbonyl (C=O) groups is 4. The predicted octanol–water partition coefficient (Wildman–Crippen LogP) is 15.0. The predicted molar refractivity (Wildman–Crippen MR) is 251 cm³/mol. The number of carbonyl (C=O) groups excluding carboxylic acids is 4. The van der Waals surface area contributed by atoms with Gasteiger partial charge in [-0.15, -0.1) is 0 Å². The second kappa shape index (κ2) is 32.9. The minimum Gasteiger partial charge on any atom is -0.462 e. The summed E-state index contributed by atoms with van der Waals surface area (Å²) in [6.07, 6.45) is 36.3. The number of hydrogen-bond acceptors (Lipinski definition) is 8. The molecule has 0 bridgehead atoms. The van der Waals surface area contributed by atoms with Crippen molar-refractivity contribution in [2.75, 3.05) is 13.2 Å². The van der Waals surface area contributed by atoms with Crippen molar-refractivity contribution in [1.82, 2.24) is 0 Å². The Balaban J connectivity index is 1.42. The monoisotopic (exact) mass is 861 g/mol. The van der Waals surface area contributed by atoms with Crippen LogP contribution in [0, 0.1) is 23.7 Å². The van der Waals surface area contributed by atoms with E-state index in [-0.39, 0.29) is 23.9 Å². The van der Waals surface area contributed by atoms with Gasteiger partial charge in [-0.05, 0) is 111 Å². The highest BCUT2D eigenvalue weighted by atomic mass is 16.5. The van der Waals surface area contributed by atoms with Gasteiger partial charge in [0.2, 0.25) is 0 Å². The fourth-order valence-electron chi connectivity index (χ4n) is 9.72. The van der Waals surface area contributed by atoms with Crippen LogP contribution in [0.25, 0.3) is 0 Å². The first-order chi connectivity index (χ1) is 30.2. The molecular formula is C54H84O8. The van der Waals surface area contributed by atoms with Crippen molar-refractivity contribution in [3.8, 4) is 11.5 Å². The van der Waals surface area contributed by atoms with E-state index in [0.717, 1.165) is 49.4 Å². The molecule has 1 saturated carbocycles. The average molecular weight is 861 g/mol. The Bertz CT molecular complexity index is 1500. The van der Waals surface area contributed by atoms with Gasteiger partial charge in [0.1, 0.15) is 11.5 Å². The van der Waals surface area contributed by atoms with Crippen LogP contribution in [0.4, 0.5) is 0 Å². The van der Waals surface area contributed by atoms with Crippen LogP contribution in [0.2, 0.25) is 0 Å². The largest absolute Gasteiger partial charge is 0.462 e. The molecule has 2 aromatic rings. The fraction of sp³-hybridized carbons (Fsp3) is 0.704. The molecule has 62 heavy (non-hydrogen) atoms. The van der Waals surface area contributed by atoms with E-state index < -0.39 is 0 Å². The summed E-state index contributed by atoms with van der Waals surface area (Å²) < 4.78 is 21.1. The highest BCUT2D eigenvalue weighted by Crippen LogP contribution is 2.48. The molecule has 1 aliphatic carbocycles. The van der Waals surface area contributed by atoms with Gasteiger partial charge in [0.15, 0.2) is 0 Å². The minimum atomic E-state index is -0.385. The lowest BCUT2D eigenvalue weighted by Crippen LogP contribution is -2.35. The molecular weight excluding hydrogens is 777 g/mol. The molecule has 4 atom stereocenters. The van der Waals surface area contributed by atoms with E-state index in [0.29, 0.717) is 35.8 Å². The highest BCUT2D eigenvalue weighted by molar-refractivity contribution is 5.90. The number of benzene rings is 2. The molecule has 0 aromatic heterocycles. The maximum Gasteiger partial charge on any atom is 0.338 e. The Morgan fingerprint density at radius 2 is 0.726 bits per heavy atom. The van der Waals surface area contributed by atoms with Gasteiger partial charge in [0, 0.05) is 13.8 Å². The van der Waals surface area contributed by atoms with Crippen LogP contribution in [0.3, 0.4) is 0 Å². The Hall–Kier alpha value is -3.68. The normalized spacial score (nSPS) is 17.4. The van der Waals surface area contributed by atoms with E-state index in [9.17, 15) is 19.2 Å². The van der Waals surface area contributed by atoms with Gasteiger partial charge in [-0.2, -0.15) is 0 Å². The van der Waals surface area contributed by atoms with E-state index in [1.54, 1.807) is 48.5 Å². The van der Waals surface area contributed by atoms with Crippen molar-refractivity contribution < 1.29 is 38.1 Å². The van der Waals surface area contributed by atoms with Gasteiger partial charge in [0.25, 0.3) is 0 Å². The smallest absolute Gasteiger partial charge is 0.338 e. The molecule has 0 saturated heterocycles. The maximum atomic E-state index is 12.5. The molecule has 0 amide bonds. The van der Waals surface area contributed by atoms with Gasteiger partial charge < -0.3 is 18.9 Å². The standard InChI is InChI=1S/C54H84O8/c1-5-7-9-11-17-23-29-51-45(27-21-10-8-6-2)31-32-46(28-22-16-12-14-19-25-41-59-53(57)47-33-37-49(38-34-47)61-43(3)55)52(51)30-24-18-13-15-20-26-42-60-54(58)48-35-39-50(40-36-48)62-44(4)56/h33-40,45-46,51-52H,5-32,41-42H2,1-4H3. The molecule has 2 aromatic carbocycles. The third-order valence-corrected chi connectivity index (χ3v) is 13.1. The summed E-state index contributed by atoms with van der Waals surface area (Å²) in [5, 5.41) is 0. The quantitative estimate of drug-likeness (QED) is 0.0389. The summed E-state index contributed by atoms with van der Waals surface area (Å²) in [6, 6.07) is 13.0. The number of hydrogen-bond donors (Lipinski definition) is 0. The van der Waals surface area contributed by atoms with Crippen LogP contribution in [-0.4, -0.2) is 37.1 Å². The zero-order chi connectivity index (χ0) is 44.6. The van der Waals surface area contributed by atoms with Gasteiger partial charge >= 0.3 is 23.9 Å². The summed E-state index contributed by atoms with van der Waals surface area (Å²) in [5.74, 6) is 2.94. The van der Waals surface area contributed by atoms with Crippen molar-refractivity contribution in [2.24, 2.45) is 23.7 Å². The lowest BCUT2D eigenvalue weighted by molar-refractivity contribution is -0.132. The first-order valence-electron chi connectivity index (χ1n) is 25.1. The Labute approximate surface area is 376 Å². The Kier molecular flexibility index (Phi) is 28.0. The van der Waals surface area contributed by atoms with Crippen molar-refractivity contribution in [1.29, 1.82) is 0 Å². The Morgan fingerprint density at radius 3 is 1.08 bits per heavy atom. The summed E-state index contributed by atoms with van der Waals surface area (Å²) in [4.78, 5) is 47.2. The van der Waals surface area contributed by atoms with Crippen molar-refractivity contribution in [3.05, 3.63) is 59.7 Å². The van der Waals surface area contributed by atoms with Crippen LogP contribution < -0.4 is 9.47 Å². The number of ether oxygens (including phenoxy) is 4. The van der Waals surface area contributed by atoms with E-state index in [1.165, 1.54) is 168 Å². The molecule has 0 aliphatic heterocycles. The van der Waals surface area contributed by atoms with E-state index in [4.69, 9.17) is 18.9 Å². The topological polar surface area (TPSA) is 105 Å². The summed E-state index contributed by atoms with van der Waals surface area (Å²) in [5.41, 5.74) is 0.938. The molecule has 8 nitrogen and oxygen atoms in total. The Morgan fingerprint density at radius 1 is 0.419 bits per heavy atom. The van der Waals surface area contributed by atoms with E-state index >= 15 is 0 Å². The zero-order valence-corrected chi connectivity index (χ0v) is 39.4. The average Bonchev–Trinajstić information content (AvgIpc) is 3.25. The highest BCUT2D eigenvalue weighted by Gasteiger charge is 2.37. The van der Waals surface area contributed by atoms with Gasteiger partial charge in [-0.25, -0.2) is 9.59 Å². The minimum absolute atomic E-state index is 0.333. The zero-order valence-electron chi connectivity index (χ0n) is 39.4. The molecule has 4 unspecified atom stereocenters. The SMILES string of the molecule is CCCCCCCCC1C(CCCCCC)CCC(CCCCCCCCOC(=O)c2ccc(OC(C)=O)cc2)C1CCCCCCCCOC(=O)c1ccc(OC(C)=O)cc1. The van der Waals surface area contributed by atoms with Crippen LogP contribution >= 0.6 is 0 Å². The third kappa shape index (κ3) is 22.6. The third-order valence-electron chi connectivity index (χ3n) is 13.1. The van der Waals surface area contributed by atoms with Gasteiger partial charge in [-0.3, -0.25) is 9.59 Å². The molecule has 0 spiro atoms. The summed E-state index contributed by atoms with van der Waals surface area (Å²) in [6.45, 7) is 8.21. The summed E-state index contributed by atoms with van der Waals surface area (Å²) in [7, 11) is 0. The van der Waals surface area contributed by atoms with Crippen LogP contribution in [0.1, 0.15) is 228 Å². The number of unbranched alkanes of at least 4 members (excludes halogenated alkanes) is 18. The second-order valence-electron chi connectivity index (χ2n) is 18.2. The van der Waals surface area contributed by atoms with E-state index in [2.05, 4.69) is 13.8 Å². The molecule has 0 heterocycles. The summed E-state index contributed by atoms with van der Waals surface area (Å²) >= 11 is 0. The molecule has 8 heteroatoms. The van der Waals surface area contributed by atoms with Crippen molar-refractivity contribution in [2.45, 2.75) is 207 Å².